The van der Waals surface area contributed by atoms with E-state index >= 15 is 0 Å². The Labute approximate surface area is 117 Å². The van der Waals surface area contributed by atoms with Crippen LogP contribution in [-0.2, 0) is 28.9 Å². The number of ether oxygens (including phenoxy) is 1. The molecule has 0 aliphatic carbocycles. The molecule has 0 spiro atoms. The Bertz CT molecular complexity index is 482. The molecular formula is C13H20N4O3. The summed E-state index contributed by atoms with van der Waals surface area (Å²) in [5.41, 5.74) is 0. The normalized spacial score (nSPS) is 23.5. The van der Waals surface area contributed by atoms with Crippen LogP contribution < -0.4 is 0 Å². The summed E-state index contributed by atoms with van der Waals surface area (Å²) in [5.74, 6) is 0.820. The Balaban J connectivity index is 1.63. The van der Waals surface area contributed by atoms with E-state index in [2.05, 4.69) is 15.1 Å². The summed E-state index contributed by atoms with van der Waals surface area (Å²) in [6.07, 6.45) is 2.19. The number of morpholine rings is 1. The summed E-state index contributed by atoms with van der Waals surface area (Å²) in [6.45, 7) is 4.94. The van der Waals surface area contributed by atoms with E-state index in [4.69, 9.17) is 9.84 Å². The second-order valence-corrected chi connectivity index (χ2v) is 5.42. The van der Waals surface area contributed by atoms with Crippen LogP contribution in [0.2, 0.25) is 0 Å². The van der Waals surface area contributed by atoms with Gasteiger partial charge in [-0.2, -0.15) is 0 Å². The van der Waals surface area contributed by atoms with Crippen molar-refractivity contribution in [2.24, 2.45) is 5.92 Å². The lowest BCUT2D eigenvalue weighted by atomic mass is 9.99. The van der Waals surface area contributed by atoms with Gasteiger partial charge in [-0.25, -0.2) is 0 Å². The number of nitrogens with zero attached hydrogens (tertiary/aromatic N) is 4. The predicted molar refractivity (Wildman–Crippen MR) is 70.4 cm³/mol. The van der Waals surface area contributed by atoms with E-state index in [1.165, 1.54) is 0 Å². The second kappa shape index (κ2) is 5.88. The van der Waals surface area contributed by atoms with E-state index in [0.29, 0.717) is 19.4 Å². The summed E-state index contributed by atoms with van der Waals surface area (Å²) in [7, 11) is 0. The van der Waals surface area contributed by atoms with E-state index in [1.807, 2.05) is 4.57 Å². The first-order chi connectivity index (χ1) is 9.74. The van der Waals surface area contributed by atoms with Gasteiger partial charge in [0.05, 0.1) is 19.1 Å². The molecule has 7 nitrogen and oxygen atoms in total. The molecular weight excluding hydrogens is 260 g/mol. The molecule has 0 aromatic carbocycles. The van der Waals surface area contributed by atoms with Crippen LogP contribution in [0.25, 0.3) is 0 Å². The zero-order chi connectivity index (χ0) is 13.9. The Morgan fingerprint density at radius 3 is 2.90 bits per heavy atom. The van der Waals surface area contributed by atoms with Crippen molar-refractivity contribution in [2.75, 3.05) is 32.8 Å². The fourth-order valence-electron chi connectivity index (χ4n) is 2.85. The van der Waals surface area contributed by atoms with Crippen molar-refractivity contribution in [1.29, 1.82) is 0 Å². The second-order valence-electron chi connectivity index (χ2n) is 5.42. The van der Waals surface area contributed by atoms with Crippen molar-refractivity contribution in [3.63, 3.8) is 0 Å². The highest BCUT2D eigenvalue weighted by Gasteiger charge is 2.27. The van der Waals surface area contributed by atoms with Crippen LogP contribution in [-0.4, -0.2) is 63.6 Å². The van der Waals surface area contributed by atoms with Gasteiger partial charge in [-0.3, -0.25) is 9.69 Å². The summed E-state index contributed by atoms with van der Waals surface area (Å²) in [5, 5.41) is 17.6. The van der Waals surface area contributed by atoms with Crippen molar-refractivity contribution in [3.05, 3.63) is 11.6 Å². The average Bonchev–Trinajstić information content (AvgIpc) is 2.88. The molecule has 1 fully saturated rings. The Morgan fingerprint density at radius 2 is 2.15 bits per heavy atom. The van der Waals surface area contributed by atoms with E-state index < -0.39 is 5.97 Å². The van der Waals surface area contributed by atoms with Gasteiger partial charge in [0.1, 0.15) is 11.6 Å². The Kier molecular flexibility index (Phi) is 3.98. The number of carbonyl (C=O) groups is 1. The first kappa shape index (κ1) is 13.5. The number of fused-ring (bicyclic) bond motifs is 1. The molecule has 0 amide bonds. The number of carboxylic acid groups (broad SMARTS) is 1. The number of aromatic nitrogens is 3. The van der Waals surface area contributed by atoms with Crippen molar-refractivity contribution in [3.8, 4) is 0 Å². The van der Waals surface area contributed by atoms with E-state index in [9.17, 15) is 4.79 Å². The molecule has 1 saturated heterocycles. The van der Waals surface area contributed by atoms with Crippen LogP contribution in [0.4, 0.5) is 0 Å². The smallest absolute Gasteiger partial charge is 0.308 e. The van der Waals surface area contributed by atoms with Gasteiger partial charge in [0.15, 0.2) is 0 Å². The van der Waals surface area contributed by atoms with E-state index in [-0.39, 0.29) is 5.92 Å². The number of aliphatic carboxylic acids is 1. The number of aryl methyl sites for hydroxylation is 1. The van der Waals surface area contributed by atoms with Gasteiger partial charge < -0.3 is 14.4 Å². The third-order valence-corrected chi connectivity index (χ3v) is 4.13. The van der Waals surface area contributed by atoms with Crippen molar-refractivity contribution in [2.45, 2.75) is 25.8 Å². The first-order valence-corrected chi connectivity index (χ1v) is 7.18. The molecule has 1 unspecified atom stereocenters. The van der Waals surface area contributed by atoms with Crippen LogP contribution >= 0.6 is 0 Å². The van der Waals surface area contributed by atoms with Gasteiger partial charge in [-0.05, 0) is 6.42 Å². The van der Waals surface area contributed by atoms with Crippen molar-refractivity contribution < 1.29 is 14.6 Å². The fourth-order valence-corrected chi connectivity index (χ4v) is 2.85. The maximum Gasteiger partial charge on any atom is 0.308 e. The monoisotopic (exact) mass is 280 g/mol. The first-order valence-electron chi connectivity index (χ1n) is 7.18. The van der Waals surface area contributed by atoms with E-state index in [0.717, 1.165) is 50.9 Å². The molecule has 20 heavy (non-hydrogen) atoms. The highest BCUT2D eigenvalue weighted by Crippen LogP contribution is 2.20. The molecule has 3 heterocycles. The van der Waals surface area contributed by atoms with Crippen LogP contribution in [0.3, 0.4) is 0 Å². The molecule has 0 bridgehead atoms. The number of rotatable bonds is 4. The summed E-state index contributed by atoms with van der Waals surface area (Å²) in [4.78, 5) is 13.5. The minimum Gasteiger partial charge on any atom is -0.481 e. The molecule has 1 atom stereocenters. The highest BCUT2D eigenvalue weighted by molar-refractivity contribution is 5.70. The lowest BCUT2D eigenvalue weighted by Gasteiger charge is -2.26. The van der Waals surface area contributed by atoms with Crippen LogP contribution in [0, 0.1) is 5.92 Å². The van der Waals surface area contributed by atoms with Gasteiger partial charge in [0.25, 0.3) is 0 Å². The molecule has 0 saturated carbocycles. The SMILES string of the molecule is O=C(O)C1CCc2nnc(CCN3CCOCC3)n2C1. The third-order valence-electron chi connectivity index (χ3n) is 4.13. The van der Waals surface area contributed by atoms with Crippen LogP contribution in [0.1, 0.15) is 18.1 Å². The maximum atomic E-state index is 11.1. The maximum absolute atomic E-state index is 11.1. The number of hydrogen-bond acceptors (Lipinski definition) is 5. The number of carboxylic acids is 1. The lowest BCUT2D eigenvalue weighted by Crippen LogP contribution is -2.38. The quantitative estimate of drug-likeness (QED) is 0.822. The molecule has 110 valence electrons. The molecule has 1 N–H and O–H groups in total. The highest BCUT2D eigenvalue weighted by atomic mass is 16.5. The van der Waals surface area contributed by atoms with Crippen molar-refractivity contribution >= 4 is 5.97 Å². The fraction of sp³-hybridized carbons (Fsp3) is 0.769. The largest absolute Gasteiger partial charge is 0.481 e. The molecule has 1 aromatic heterocycles. The molecule has 2 aliphatic heterocycles. The van der Waals surface area contributed by atoms with Gasteiger partial charge in [0, 0.05) is 39.0 Å². The van der Waals surface area contributed by atoms with Gasteiger partial charge in [0.2, 0.25) is 0 Å². The zero-order valence-electron chi connectivity index (χ0n) is 11.5. The molecule has 1 aromatic rings. The topological polar surface area (TPSA) is 80.5 Å². The number of hydrogen-bond donors (Lipinski definition) is 1. The van der Waals surface area contributed by atoms with E-state index in [1.54, 1.807) is 0 Å². The minimum absolute atomic E-state index is 0.305. The molecule has 3 rings (SSSR count). The standard InChI is InChI=1S/C13H20N4O3/c18-13(19)10-1-2-11-14-15-12(17(11)9-10)3-4-16-5-7-20-8-6-16/h10H,1-9H2,(H,18,19). The van der Waals surface area contributed by atoms with Crippen LogP contribution in [0.5, 0.6) is 0 Å². The molecule has 2 aliphatic rings. The Morgan fingerprint density at radius 1 is 1.35 bits per heavy atom. The van der Waals surface area contributed by atoms with Gasteiger partial charge in [-0.1, -0.05) is 0 Å². The predicted octanol–water partition coefficient (Wildman–Crippen LogP) is -0.200. The van der Waals surface area contributed by atoms with Crippen LogP contribution in [0.15, 0.2) is 0 Å². The summed E-state index contributed by atoms with van der Waals surface area (Å²) in [6, 6.07) is 0. The summed E-state index contributed by atoms with van der Waals surface area (Å²) < 4.78 is 7.33. The molecule has 0 radical (unpaired) electrons. The van der Waals surface area contributed by atoms with Gasteiger partial charge >= 0.3 is 5.97 Å². The Hall–Kier alpha value is -1.47. The van der Waals surface area contributed by atoms with Crippen molar-refractivity contribution in [1.82, 2.24) is 19.7 Å². The molecule has 7 heteroatoms. The average molecular weight is 280 g/mol. The third kappa shape index (κ3) is 2.83. The minimum atomic E-state index is -0.719. The van der Waals surface area contributed by atoms with Gasteiger partial charge in [-0.15, -0.1) is 10.2 Å². The zero-order valence-corrected chi connectivity index (χ0v) is 11.5. The lowest BCUT2D eigenvalue weighted by molar-refractivity contribution is -0.142. The summed E-state index contributed by atoms with van der Waals surface area (Å²) >= 11 is 0.